The Morgan fingerprint density at radius 2 is 0.962 bits per heavy atom. The lowest BCUT2D eigenvalue weighted by Gasteiger charge is -2.04. The Balaban J connectivity index is 0.000000260. The Labute approximate surface area is 156 Å². The van der Waals surface area contributed by atoms with E-state index in [1.807, 2.05) is 12.1 Å². The maximum absolute atomic E-state index is 9.45. The van der Waals surface area contributed by atoms with Crippen LogP contribution in [-0.4, -0.2) is 20.4 Å². The van der Waals surface area contributed by atoms with Crippen molar-refractivity contribution >= 4 is 0 Å². The summed E-state index contributed by atoms with van der Waals surface area (Å²) < 4.78 is 0. The summed E-state index contributed by atoms with van der Waals surface area (Å²) in [5, 5.41) is 37.3. The number of phenols is 4. The Morgan fingerprint density at radius 1 is 0.577 bits per heavy atom. The second kappa shape index (κ2) is 12.1. The second-order valence-corrected chi connectivity index (χ2v) is 6.48. The van der Waals surface area contributed by atoms with E-state index in [0.29, 0.717) is 0 Å². The molecule has 0 bridgehead atoms. The van der Waals surface area contributed by atoms with Crippen LogP contribution in [-0.2, 0) is 12.8 Å². The fourth-order valence-corrected chi connectivity index (χ4v) is 2.69. The molecule has 0 aliphatic heterocycles. The molecule has 2 rings (SSSR count). The molecule has 4 nitrogen and oxygen atoms in total. The molecule has 2 aromatic rings. The second-order valence-electron chi connectivity index (χ2n) is 6.48. The van der Waals surface area contributed by atoms with Crippen molar-refractivity contribution in [3.8, 4) is 23.0 Å². The van der Waals surface area contributed by atoms with E-state index < -0.39 is 0 Å². The van der Waals surface area contributed by atoms with Gasteiger partial charge in [0, 0.05) is 0 Å². The van der Waals surface area contributed by atoms with Crippen molar-refractivity contribution in [1.82, 2.24) is 0 Å². The zero-order valence-electron chi connectivity index (χ0n) is 15.9. The normalized spacial score (nSPS) is 10.2. The maximum atomic E-state index is 9.45. The Kier molecular flexibility index (Phi) is 10.1. The van der Waals surface area contributed by atoms with Gasteiger partial charge in [-0.05, 0) is 48.9 Å². The van der Waals surface area contributed by atoms with Gasteiger partial charge < -0.3 is 20.4 Å². The van der Waals surface area contributed by atoms with Crippen LogP contribution < -0.4 is 0 Å². The van der Waals surface area contributed by atoms with Crippen LogP contribution in [0.1, 0.15) is 63.5 Å². The zero-order chi connectivity index (χ0) is 19.4. The van der Waals surface area contributed by atoms with E-state index in [1.165, 1.54) is 25.0 Å². The molecule has 0 aliphatic rings. The number of benzene rings is 2. The highest BCUT2D eigenvalue weighted by atomic mass is 16.3. The molecule has 0 saturated carbocycles. The van der Waals surface area contributed by atoms with Gasteiger partial charge in [-0.15, -0.1) is 0 Å². The van der Waals surface area contributed by atoms with Crippen molar-refractivity contribution in [3.63, 3.8) is 0 Å². The molecule has 0 fully saturated rings. The van der Waals surface area contributed by atoms with Gasteiger partial charge in [-0.3, -0.25) is 0 Å². The Morgan fingerprint density at radius 3 is 1.31 bits per heavy atom. The van der Waals surface area contributed by atoms with E-state index in [-0.39, 0.29) is 23.0 Å². The van der Waals surface area contributed by atoms with Gasteiger partial charge in [0.05, 0.1) is 0 Å². The third-order valence-electron chi connectivity index (χ3n) is 4.30. The highest BCUT2D eigenvalue weighted by molar-refractivity contribution is 5.44. The summed E-state index contributed by atoms with van der Waals surface area (Å²) in [7, 11) is 0. The first-order valence-corrected chi connectivity index (χ1v) is 9.50. The first-order chi connectivity index (χ1) is 12.5. The van der Waals surface area contributed by atoms with Gasteiger partial charge in [0.25, 0.3) is 0 Å². The standard InChI is InChI=1S/2C11H16O2/c2*1-2-3-4-6-9-7-5-8-10(12)11(9)13/h2*5,7-8,12-13H,2-4,6H2,1H3. The third kappa shape index (κ3) is 7.26. The average molecular weight is 360 g/mol. The van der Waals surface area contributed by atoms with Crippen molar-refractivity contribution in [2.75, 3.05) is 0 Å². The van der Waals surface area contributed by atoms with Gasteiger partial charge in [0.15, 0.2) is 23.0 Å². The monoisotopic (exact) mass is 360 g/mol. The van der Waals surface area contributed by atoms with Gasteiger partial charge >= 0.3 is 0 Å². The molecule has 0 amide bonds. The SMILES string of the molecule is CCCCCc1cccc(O)c1O.CCCCCc1cccc(O)c1O. The molecule has 0 atom stereocenters. The average Bonchev–Trinajstić information content (AvgIpc) is 2.63. The highest BCUT2D eigenvalue weighted by Gasteiger charge is 2.05. The van der Waals surface area contributed by atoms with Crippen LogP contribution in [0.4, 0.5) is 0 Å². The van der Waals surface area contributed by atoms with E-state index in [0.717, 1.165) is 49.7 Å². The predicted octanol–water partition coefficient (Wildman–Crippen LogP) is 5.66. The molecule has 0 heterocycles. The predicted molar refractivity (Wildman–Crippen MR) is 106 cm³/mol. The lowest BCUT2D eigenvalue weighted by Crippen LogP contribution is -1.86. The number of unbranched alkanes of at least 4 members (excludes halogenated alkanes) is 4. The van der Waals surface area contributed by atoms with Crippen LogP contribution in [0, 0.1) is 0 Å². The fraction of sp³-hybridized carbons (Fsp3) is 0.455. The van der Waals surface area contributed by atoms with Gasteiger partial charge in [0.2, 0.25) is 0 Å². The first-order valence-electron chi connectivity index (χ1n) is 9.50. The third-order valence-corrected chi connectivity index (χ3v) is 4.30. The highest BCUT2D eigenvalue weighted by Crippen LogP contribution is 2.30. The molecule has 2 aromatic carbocycles. The fourth-order valence-electron chi connectivity index (χ4n) is 2.69. The van der Waals surface area contributed by atoms with Crippen molar-refractivity contribution in [2.24, 2.45) is 0 Å². The van der Waals surface area contributed by atoms with E-state index >= 15 is 0 Å². The molecular weight excluding hydrogens is 328 g/mol. The number of rotatable bonds is 8. The Bertz CT molecular complexity index is 595. The molecule has 0 saturated heterocycles. The van der Waals surface area contributed by atoms with E-state index in [9.17, 15) is 20.4 Å². The molecule has 0 aromatic heterocycles. The molecule has 0 unspecified atom stereocenters. The smallest absolute Gasteiger partial charge is 0.160 e. The van der Waals surface area contributed by atoms with Crippen LogP contribution in [0.25, 0.3) is 0 Å². The quantitative estimate of drug-likeness (QED) is 0.362. The summed E-state index contributed by atoms with van der Waals surface area (Å²) in [5.41, 5.74) is 1.68. The molecular formula is C22H32O4. The number of hydrogen-bond acceptors (Lipinski definition) is 4. The van der Waals surface area contributed by atoms with Crippen LogP contribution >= 0.6 is 0 Å². The van der Waals surface area contributed by atoms with Crippen molar-refractivity contribution < 1.29 is 20.4 Å². The van der Waals surface area contributed by atoms with Gasteiger partial charge in [-0.1, -0.05) is 63.8 Å². The van der Waals surface area contributed by atoms with E-state index in [2.05, 4.69) is 13.8 Å². The summed E-state index contributed by atoms with van der Waals surface area (Å²) in [6.07, 6.45) is 8.46. The lowest BCUT2D eigenvalue weighted by atomic mass is 10.1. The summed E-state index contributed by atoms with van der Waals surface area (Å²) in [4.78, 5) is 0. The van der Waals surface area contributed by atoms with Crippen molar-refractivity contribution in [2.45, 2.75) is 65.2 Å². The summed E-state index contributed by atoms with van der Waals surface area (Å²) in [6, 6.07) is 10.2. The molecule has 0 radical (unpaired) electrons. The topological polar surface area (TPSA) is 80.9 Å². The molecule has 4 heteroatoms. The maximum Gasteiger partial charge on any atom is 0.160 e. The number of aromatic hydroxyl groups is 4. The number of hydrogen-bond donors (Lipinski definition) is 4. The van der Waals surface area contributed by atoms with Crippen molar-refractivity contribution in [3.05, 3.63) is 47.5 Å². The minimum Gasteiger partial charge on any atom is -0.504 e. The van der Waals surface area contributed by atoms with Gasteiger partial charge in [0.1, 0.15) is 0 Å². The van der Waals surface area contributed by atoms with Gasteiger partial charge in [-0.25, -0.2) is 0 Å². The largest absolute Gasteiger partial charge is 0.504 e. The first kappa shape index (κ1) is 21.7. The Hall–Kier alpha value is -2.36. The number of phenolic OH excluding ortho intramolecular Hbond substituents is 4. The van der Waals surface area contributed by atoms with Crippen LogP contribution in [0.15, 0.2) is 36.4 Å². The van der Waals surface area contributed by atoms with Crippen LogP contribution in [0.5, 0.6) is 23.0 Å². The van der Waals surface area contributed by atoms with E-state index in [1.54, 1.807) is 12.1 Å². The minimum absolute atomic E-state index is 0.0194. The van der Waals surface area contributed by atoms with E-state index in [4.69, 9.17) is 0 Å². The number of para-hydroxylation sites is 2. The summed E-state index contributed by atoms with van der Waals surface area (Å²) >= 11 is 0. The molecule has 26 heavy (non-hydrogen) atoms. The zero-order valence-corrected chi connectivity index (χ0v) is 15.9. The van der Waals surface area contributed by atoms with Crippen LogP contribution in [0.2, 0.25) is 0 Å². The minimum atomic E-state index is -0.0194. The van der Waals surface area contributed by atoms with Crippen LogP contribution in [0.3, 0.4) is 0 Å². The number of aryl methyl sites for hydroxylation is 2. The summed E-state index contributed by atoms with van der Waals surface area (Å²) in [6.45, 7) is 4.28. The summed E-state index contributed by atoms with van der Waals surface area (Å²) in [5.74, 6) is 0.0419. The van der Waals surface area contributed by atoms with Crippen molar-refractivity contribution in [1.29, 1.82) is 0 Å². The molecule has 0 aliphatic carbocycles. The lowest BCUT2D eigenvalue weighted by molar-refractivity contribution is 0.398. The molecule has 0 spiro atoms. The molecule has 4 N–H and O–H groups in total. The molecule has 144 valence electrons. The van der Waals surface area contributed by atoms with Gasteiger partial charge in [-0.2, -0.15) is 0 Å².